The summed E-state index contributed by atoms with van der Waals surface area (Å²) in [6.45, 7) is 2.84. The fourth-order valence-corrected chi connectivity index (χ4v) is 2.06. The van der Waals surface area contributed by atoms with Crippen LogP contribution < -0.4 is 4.74 Å². The maximum absolute atomic E-state index is 5.74. The van der Waals surface area contributed by atoms with E-state index < -0.39 is 0 Å². The third-order valence-electron chi connectivity index (χ3n) is 2.62. The minimum Gasteiger partial charge on any atom is -0.493 e. The van der Waals surface area contributed by atoms with Crippen LogP contribution in [0.2, 0.25) is 0 Å². The summed E-state index contributed by atoms with van der Waals surface area (Å²) in [5.41, 5.74) is 0. The molecule has 0 aliphatic rings. The molecule has 0 bridgehead atoms. The smallest absolute Gasteiger partial charge is 0.119 e. The molecule has 0 fully saturated rings. The van der Waals surface area contributed by atoms with Gasteiger partial charge in [0.25, 0.3) is 0 Å². The van der Waals surface area contributed by atoms with Gasteiger partial charge in [-0.1, -0.05) is 35.0 Å². The number of halogens is 1. The standard InChI is InChI=1S/C14H15BrOS/c1-10(9-17)8-16-14-5-3-11-6-13(15)4-2-12(11)7-14/h2-7,10,17H,8-9H2,1H3. The predicted molar refractivity (Wildman–Crippen MR) is 80.2 cm³/mol. The van der Waals surface area contributed by atoms with Gasteiger partial charge in [0.1, 0.15) is 5.75 Å². The summed E-state index contributed by atoms with van der Waals surface area (Å²) in [5.74, 6) is 2.24. The lowest BCUT2D eigenvalue weighted by Gasteiger charge is -2.11. The van der Waals surface area contributed by atoms with E-state index in [0.29, 0.717) is 12.5 Å². The van der Waals surface area contributed by atoms with Crippen LogP contribution in [0.4, 0.5) is 0 Å². The number of benzene rings is 2. The molecule has 0 amide bonds. The van der Waals surface area contributed by atoms with Gasteiger partial charge in [-0.15, -0.1) is 0 Å². The van der Waals surface area contributed by atoms with Crippen molar-refractivity contribution in [3.05, 3.63) is 40.9 Å². The zero-order valence-corrected chi connectivity index (χ0v) is 12.2. The third-order valence-corrected chi connectivity index (χ3v) is 3.74. The minimum absolute atomic E-state index is 0.471. The Bertz CT molecular complexity index is 513. The van der Waals surface area contributed by atoms with Crippen molar-refractivity contribution in [2.24, 2.45) is 5.92 Å². The van der Waals surface area contributed by atoms with Crippen molar-refractivity contribution in [3.63, 3.8) is 0 Å². The zero-order valence-electron chi connectivity index (χ0n) is 9.69. The Kier molecular flexibility index (Phi) is 4.35. The molecule has 2 aromatic rings. The monoisotopic (exact) mass is 310 g/mol. The van der Waals surface area contributed by atoms with Crippen LogP contribution in [-0.4, -0.2) is 12.4 Å². The molecular formula is C14H15BrOS. The Labute approximate surface area is 116 Å². The van der Waals surface area contributed by atoms with Crippen molar-refractivity contribution in [1.29, 1.82) is 0 Å². The number of fused-ring (bicyclic) bond motifs is 1. The largest absolute Gasteiger partial charge is 0.493 e. The van der Waals surface area contributed by atoms with Crippen molar-refractivity contribution in [2.45, 2.75) is 6.92 Å². The van der Waals surface area contributed by atoms with E-state index in [2.05, 4.69) is 59.7 Å². The quantitative estimate of drug-likeness (QED) is 0.815. The molecular weight excluding hydrogens is 296 g/mol. The Morgan fingerprint density at radius 2 is 1.88 bits per heavy atom. The first-order valence-corrected chi connectivity index (χ1v) is 7.04. The first-order chi connectivity index (χ1) is 8.19. The molecule has 0 spiro atoms. The van der Waals surface area contributed by atoms with E-state index in [0.717, 1.165) is 16.0 Å². The maximum atomic E-state index is 5.74. The molecule has 2 rings (SSSR count). The maximum Gasteiger partial charge on any atom is 0.119 e. The summed E-state index contributed by atoms with van der Waals surface area (Å²) in [7, 11) is 0. The van der Waals surface area contributed by atoms with E-state index in [1.54, 1.807) is 0 Å². The number of thiol groups is 1. The minimum atomic E-state index is 0.471. The van der Waals surface area contributed by atoms with Crippen LogP contribution in [0.5, 0.6) is 5.75 Å². The molecule has 90 valence electrons. The molecule has 1 nitrogen and oxygen atoms in total. The fourth-order valence-electron chi connectivity index (χ4n) is 1.58. The molecule has 2 aromatic carbocycles. The van der Waals surface area contributed by atoms with Crippen molar-refractivity contribution in [3.8, 4) is 5.75 Å². The van der Waals surface area contributed by atoms with E-state index in [9.17, 15) is 0 Å². The van der Waals surface area contributed by atoms with Gasteiger partial charge < -0.3 is 4.74 Å². The topological polar surface area (TPSA) is 9.23 Å². The van der Waals surface area contributed by atoms with Gasteiger partial charge in [-0.25, -0.2) is 0 Å². The highest BCUT2D eigenvalue weighted by Crippen LogP contribution is 2.24. The SMILES string of the molecule is CC(CS)COc1ccc2cc(Br)ccc2c1. The first-order valence-electron chi connectivity index (χ1n) is 5.62. The Morgan fingerprint density at radius 3 is 2.65 bits per heavy atom. The Balaban J connectivity index is 2.17. The van der Waals surface area contributed by atoms with E-state index in [1.807, 2.05) is 12.1 Å². The van der Waals surface area contributed by atoms with Crippen molar-refractivity contribution >= 4 is 39.3 Å². The van der Waals surface area contributed by atoms with Crippen molar-refractivity contribution < 1.29 is 4.74 Å². The third kappa shape index (κ3) is 3.39. The second-order valence-electron chi connectivity index (χ2n) is 4.25. The lowest BCUT2D eigenvalue weighted by atomic mass is 10.1. The lowest BCUT2D eigenvalue weighted by molar-refractivity contribution is 0.274. The molecule has 0 saturated carbocycles. The molecule has 0 heterocycles. The molecule has 0 aromatic heterocycles. The Morgan fingerprint density at radius 1 is 1.18 bits per heavy atom. The van der Waals surface area contributed by atoms with Gasteiger partial charge in [0.2, 0.25) is 0 Å². The van der Waals surface area contributed by atoms with Crippen molar-refractivity contribution in [2.75, 3.05) is 12.4 Å². The summed E-state index contributed by atoms with van der Waals surface area (Å²) >= 11 is 7.72. The van der Waals surface area contributed by atoms with Gasteiger partial charge in [0, 0.05) is 4.47 Å². The molecule has 0 N–H and O–H groups in total. The van der Waals surface area contributed by atoms with Gasteiger partial charge in [-0.2, -0.15) is 12.6 Å². The highest BCUT2D eigenvalue weighted by Gasteiger charge is 2.02. The van der Waals surface area contributed by atoms with Crippen LogP contribution in [0.15, 0.2) is 40.9 Å². The van der Waals surface area contributed by atoms with E-state index in [4.69, 9.17) is 4.74 Å². The molecule has 0 saturated heterocycles. The van der Waals surface area contributed by atoms with Crippen LogP contribution in [-0.2, 0) is 0 Å². The van der Waals surface area contributed by atoms with Crippen LogP contribution in [0, 0.1) is 5.92 Å². The summed E-state index contributed by atoms with van der Waals surface area (Å²) < 4.78 is 6.84. The highest BCUT2D eigenvalue weighted by atomic mass is 79.9. The number of hydrogen-bond acceptors (Lipinski definition) is 2. The number of ether oxygens (including phenoxy) is 1. The van der Waals surface area contributed by atoms with E-state index >= 15 is 0 Å². The molecule has 0 aliphatic heterocycles. The van der Waals surface area contributed by atoms with Crippen LogP contribution in [0.3, 0.4) is 0 Å². The summed E-state index contributed by atoms with van der Waals surface area (Å²) in [6.07, 6.45) is 0. The predicted octanol–water partition coefficient (Wildman–Crippen LogP) is 4.55. The lowest BCUT2D eigenvalue weighted by Crippen LogP contribution is -2.09. The number of rotatable bonds is 4. The molecule has 3 heteroatoms. The average molecular weight is 311 g/mol. The zero-order chi connectivity index (χ0) is 12.3. The highest BCUT2D eigenvalue weighted by molar-refractivity contribution is 9.10. The molecule has 1 unspecified atom stereocenters. The van der Waals surface area contributed by atoms with Gasteiger partial charge >= 0.3 is 0 Å². The molecule has 0 aliphatic carbocycles. The van der Waals surface area contributed by atoms with Gasteiger partial charge in [-0.05, 0) is 46.7 Å². The summed E-state index contributed by atoms with van der Waals surface area (Å²) in [4.78, 5) is 0. The number of hydrogen-bond donors (Lipinski definition) is 1. The molecule has 17 heavy (non-hydrogen) atoms. The van der Waals surface area contributed by atoms with Crippen molar-refractivity contribution in [1.82, 2.24) is 0 Å². The van der Waals surface area contributed by atoms with Gasteiger partial charge in [0.15, 0.2) is 0 Å². The van der Waals surface area contributed by atoms with E-state index in [-0.39, 0.29) is 0 Å². The van der Waals surface area contributed by atoms with Crippen LogP contribution >= 0.6 is 28.6 Å². The second-order valence-corrected chi connectivity index (χ2v) is 5.53. The summed E-state index contributed by atoms with van der Waals surface area (Å²) in [6, 6.07) is 12.4. The first kappa shape index (κ1) is 12.8. The Hall–Kier alpha value is -0.670. The summed E-state index contributed by atoms with van der Waals surface area (Å²) in [5, 5.41) is 2.41. The average Bonchev–Trinajstić information content (AvgIpc) is 2.35. The van der Waals surface area contributed by atoms with Gasteiger partial charge in [-0.3, -0.25) is 0 Å². The normalized spacial score (nSPS) is 12.6. The second kappa shape index (κ2) is 5.78. The molecule has 1 atom stereocenters. The fraction of sp³-hybridized carbons (Fsp3) is 0.286. The molecule has 0 radical (unpaired) electrons. The van der Waals surface area contributed by atoms with Crippen LogP contribution in [0.1, 0.15) is 6.92 Å². The van der Waals surface area contributed by atoms with E-state index in [1.165, 1.54) is 10.8 Å². The van der Waals surface area contributed by atoms with Gasteiger partial charge in [0.05, 0.1) is 6.61 Å². The van der Waals surface area contributed by atoms with Crippen LogP contribution in [0.25, 0.3) is 10.8 Å².